The van der Waals surface area contributed by atoms with E-state index in [1.165, 1.54) is 0 Å². The van der Waals surface area contributed by atoms with Gasteiger partial charge in [0.15, 0.2) is 17.3 Å². The van der Waals surface area contributed by atoms with E-state index in [1.54, 1.807) is 0 Å². The molecule has 5 nitrogen and oxygen atoms in total. The third kappa shape index (κ3) is 4.93. The van der Waals surface area contributed by atoms with Gasteiger partial charge in [-0.2, -0.15) is 0 Å². The van der Waals surface area contributed by atoms with Crippen molar-refractivity contribution >= 4 is 11.4 Å². The zero-order valence-corrected chi connectivity index (χ0v) is 12.7. The lowest BCUT2D eigenvalue weighted by Crippen LogP contribution is -2.34. The van der Waals surface area contributed by atoms with Crippen molar-refractivity contribution < 1.29 is 13.7 Å². The number of nitrogens with one attached hydrogen (secondary N) is 1. The lowest BCUT2D eigenvalue weighted by molar-refractivity contribution is -0.384. The standard InChI is InChI=1S/C14H21F2N3O2/c1-9(2)7-10(8-18(3)4)17-14-12(19(20)21)6-5-11(15)13(14)16/h5-6,9-10,17H,7-8H2,1-4H3. The molecule has 0 saturated heterocycles. The summed E-state index contributed by atoms with van der Waals surface area (Å²) in [6, 6.07) is 1.53. The molecule has 1 aromatic carbocycles. The molecule has 0 spiro atoms. The van der Waals surface area contributed by atoms with Gasteiger partial charge in [0.25, 0.3) is 5.69 Å². The average molecular weight is 301 g/mol. The molecule has 1 rings (SSSR count). The van der Waals surface area contributed by atoms with E-state index in [0.29, 0.717) is 18.9 Å². The molecule has 1 N–H and O–H groups in total. The number of nitro groups is 1. The summed E-state index contributed by atoms with van der Waals surface area (Å²) < 4.78 is 27.3. The maximum atomic E-state index is 13.9. The molecule has 118 valence electrons. The van der Waals surface area contributed by atoms with Crippen LogP contribution < -0.4 is 5.32 Å². The highest BCUT2D eigenvalue weighted by Crippen LogP contribution is 2.30. The van der Waals surface area contributed by atoms with Crippen molar-refractivity contribution in [3.8, 4) is 0 Å². The van der Waals surface area contributed by atoms with Crippen LogP contribution >= 0.6 is 0 Å². The summed E-state index contributed by atoms with van der Waals surface area (Å²) >= 11 is 0. The Morgan fingerprint density at radius 2 is 1.95 bits per heavy atom. The zero-order chi connectivity index (χ0) is 16.2. The van der Waals surface area contributed by atoms with Gasteiger partial charge in [-0.25, -0.2) is 8.78 Å². The van der Waals surface area contributed by atoms with Crippen LogP contribution in [0.4, 0.5) is 20.2 Å². The van der Waals surface area contributed by atoms with Crippen LogP contribution in [0.2, 0.25) is 0 Å². The van der Waals surface area contributed by atoms with Gasteiger partial charge in [-0.1, -0.05) is 13.8 Å². The Hall–Kier alpha value is -1.76. The number of hydrogen-bond donors (Lipinski definition) is 1. The van der Waals surface area contributed by atoms with E-state index in [1.807, 2.05) is 32.8 Å². The molecule has 0 heterocycles. The first-order valence-electron chi connectivity index (χ1n) is 6.76. The molecule has 0 amide bonds. The molecule has 0 aliphatic heterocycles. The van der Waals surface area contributed by atoms with E-state index in [2.05, 4.69) is 5.32 Å². The van der Waals surface area contributed by atoms with Gasteiger partial charge in [-0.3, -0.25) is 10.1 Å². The highest BCUT2D eigenvalue weighted by Gasteiger charge is 2.24. The monoisotopic (exact) mass is 301 g/mol. The lowest BCUT2D eigenvalue weighted by Gasteiger charge is -2.25. The van der Waals surface area contributed by atoms with Gasteiger partial charge in [0, 0.05) is 18.7 Å². The second-order valence-corrected chi connectivity index (χ2v) is 5.75. The average Bonchev–Trinajstić information content (AvgIpc) is 2.33. The quantitative estimate of drug-likeness (QED) is 0.620. The fourth-order valence-electron chi connectivity index (χ4n) is 2.22. The van der Waals surface area contributed by atoms with Gasteiger partial charge in [-0.05, 0) is 32.5 Å². The second-order valence-electron chi connectivity index (χ2n) is 5.75. The van der Waals surface area contributed by atoms with Crippen LogP contribution in [0.5, 0.6) is 0 Å². The Morgan fingerprint density at radius 1 is 1.33 bits per heavy atom. The first-order chi connectivity index (χ1) is 9.72. The number of hydrogen-bond acceptors (Lipinski definition) is 4. The molecule has 0 saturated carbocycles. The Bertz CT molecular complexity index is 497. The number of benzene rings is 1. The Kier molecular flexibility index (Phi) is 6.02. The van der Waals surface area contributed by atoms with Gasteiger partial charge < -0.3 is 10.2 Å². The molecule has 21 heavy (non-hydrogen) atoms. The van der Waals surface area contributed by atoms with Crippen LogP contribution in [0.1, 0.15) is 20.3 Å². The van der Waals surface area contributed by atoms with Crippen molar-refractivity contribution in [2.45, 2.75) is 26.3 Å². The summed E-state index contributed by atoms with van der Waals surface area (Å²) in [5.41, 5.74) is -0.839. The van der Waals surface area contributed by atoms with Gasteiger partial charge >= 0.3 is 0 Å². The molecule has 1 aromatic rings. The molecule has 1 unspecified atom stereocenters. The predicted octanol–water partition coefficient (Wildman–Crippen LogP) is 3.26. The van der Waals surface area contributed by atoms with E-state index in [4.69, 9.17) is 0 Å². The number of anilines is 1. The zero-order valence-electron chi connectivity index (χ0n) is 12.7. The predicted molar refractivity (Wildman–Crippen MR) is 78.4 cm³/mol. The van der Waals surface area contributed by atoms with Crippen molar-refractivity contribution in [2.24, 2.45) is 5.92 Å². The molecule has 0 fully saturated rings. The summed E-state index contributed by atoms with van der Waals surface area (Å²) in [5.74, 6) is -1.99. The van der Waals surface area contributed by atoms with Crippen LogP contribution in [-0.2, 0) is 0 Å². The number of halogens is 2. The van der Waals surface area contributed by atoms with Gasteiger partial charge in [-0.15, -0.1) is 0 Å². The minimum atomic E-state index is -1.21. The molecule has 0 bridgehead atoms. The normalized spacial score (nSPS) is 12.8. The first-order valence-corrected chi connectivity index (χ1v) is 6.76. The third-order valence-corrected chi connectivity index (χ3v) is 2.96. The van der Waals surface area contributed by atoms with Crippen LogP contribution in [0, 0.1) is 27.7 Å². The van der Waals surface area contributed by atoms with Crippen molar-refractivity contribution in [2.75, 3.05) is 26.0 Å². The molecule has 0 aliphatic rings. The van der Waals surface area contributed by atoms with Crippen LogP contribution in [-0.4, -0.2) is 36.5 Å². The summed E-state index contributed by atoms with van der Waals surface area (Å²) in [6.45, 7) is 4.56. The minimum absolute atomic E-state index is 0.213. The van der Waals surface area contributed by atoms with E-state index in [9.17, 15) is 18.9 Å². The molecule has 0 radical (unpaired) electrons. The Labute approximate surface area is 123 Å². The molecular weight excluding hydrogens is 280 g/mol. The van der Waals surface area contributed by atoms with E-state index >= 15 is 0 Å². The highest BCUT2D eigenvalue weighted by atomic mass is 19.2. The van der Waals surface area contributed by atoms with E-state index in [-0.39, 0.29) is 11.7 Å². The van der Waals surface area contributed by atoms with Crippen molar-refractivity contribution in [3.05, 3.63) is 33.9 Å². The number of nitro benzene ring substituents is 1. The topological polar surface area (TPSA) is 58.4 Å². The number of nitrogens with zero attached hydrogens (tertiary/aromatic N) is 2. The maximum absolute atomic E-state index is 13.9. The lowest BCUT2D eigenvalue weighted by atomic mass is 10.0. The minimum Gasteiger partial charge on any atom is -0.373 e. The summed E-state index contributed by atoms with van der Waals surface area (Å²) in [5, 5.41) is 13.8. The van der Waals surface area contributed by atoms with Crippen molar-refractivity contribution in [3.63, 3.8) is 0 Å². The fourth-order valence-corrected chi connectivity index (χ4v) is 2.22. The van der Waals surface area contributed by atoms with E-state index < -0.39 is 22.2 Å². The van der Waals surface area contributed by atoms with Crippen LogP contribution in [0.15, 0.2) is 12.1 Å². The van der Waals surface area contributed by atoms with Crippen molar-refractivity contribution in [1.82, 2.24) is 4.90 Å². The second kappa shape index (κ2) is 7.31. The number of likely N-dealkylation sites (N-methyl/N-ethyl adjacent to an activating group) is 1. The molecule has 7 heteroatoms. The summed E-state index contributed by atoms with van der Waals surface area (Å²) in [7, 11) is 3.71. The van der Waals surface area contributed by atoms with Gasteiger partial charge in [0.2, 0.25) is 0 Å². The molecular formula is C14H21F2N3O2. The van der Waals surface area contributed by atoms with Crippen LogP contribution in [0.25, 0.3) is 0 Å². The van der Waals surface area contributed by atoms with Crippen molar-refractivity contribution in [1.29, 1.82) is 0 Å². The molecule has 1 atom stereocenters. The molecule has 0 aromatic heterocycles. The van der Waals surface area contributed by atoms with Crippen LogP contribution in [0.3, 0.4) is 0 Å². The Balaban J connectivity index is 3.12. The fraction of sp³-hybridized carbons (Fsp3) is 0.571. The Morgan fingerprint density at radius 3 is 2.43 bits per heavy atom. The van der Waals surface area contributed by atoms with Gasteiger partial charge in [0.1, 0.15) is 0 Å². The molecule has 0 aliphatic carbocycles. The summed E-state index contributed by atoms with van der Waals surface area (Å²) in [6.07, 6.45) is 0.686. The number of rotatable bonds is 7. The maximum Gasteiger partial charge on any atom is 0.295 e. The van der Waals surface area contributed by atoms with Gasteiger partial charge in [0.05, 0.1) is 4.92 Å². The highest BCUT2D eigenvalue weighted by molar-refractivity contribution is 5.63. The smallest absolute Gasteiger partial charge is 0.295 e. The largest absolute Gasteiger partial charge is 0.373 e. The SMILES string of the molecule is CC(C)CC(CN(C)C)Nc1c([N+](=O)[O-])ccc(F)c1F. The first kappa shape index (κ1) is 17.3. The van der Waals surface area contributed by atoms with E-state index in [0.717, 1.165) is 12.1 Å². The third-order valence-electron chi connectivity index (χ3n) is 2.96. The summed E-state index contributed by atoms with van der Waals surface area (Å²) in [4.78, 5) is 12.2.